The van der Waals surface area contributed by atoms with Crippen LogP contribution in [0.25, 0.3) is 0 Å². The van der Waals surface area contributed by atoms with E-state index in [0.29, 0.717) is 12.6 Å². The number of nitrogens with zero attached hydrogens (tertiary/aromatic N) is 3. The van der Waals surface area contributed by atoms with Gasteiger partial charge in [-0.1, -0.05) is 0 Å². The quantitative estimate of drug-likeness (QED) is 0.613. The van der Waals surface area contributed by atoms with Gasteiger partial charge in [-0.2, -0.15) is 10.1 Å². The third-order valence-electron chi connectivity index (χ3n) is 2.12. The van der Waals surface area contributed by atoms with E-state index < -0.39 is 0 Å². The molecule has 12 heavy (non-hydrogen) atoms. The van der Waals surface area contributed by atoms with E-state index in [1.165, 1.54) is 0 Å². The van der Waals surface area contributed by atoms with Crippen LogP contribution in [0.15, 0.2) is 0 Å². The van der Waals surface area contributed by atoms with E-state index in [4.69, 9.17) is 5.73 Å². The van der Waals surface area contributed by atoms with Crippen LogP contribution in [-0.4, -0.2) is 27.9 Å². The Labute approximate surface area is 71.0 Å². The van der Waals surface area contributed by atoms with Crippen LogP contribution in [0.4, 0.5) is 5.95 Å². The Morgan fingerprint density at radius 3 is 3.33 bits per heavy atom. The molecule has 0 fully saturated rings. The average Bonchev–Trinajstić information content (AvgIpc) is 2.44. The minimum Gasteiger partial charge on any atom is -0.354 e. The van der Waals surface area contributed by atoms with Crippen molar-refractivity contribution in [3.8, 4) is 0 Å². The summed E-state index contributed by atoms with van der Waals surface area (Å²) in [5, 5.41) is 7.45. The third-order valence-corrected chi connectivity index (χ3v) is 2.12. The first-order valence-corrected chi connectivity index (χ1v) is 4.18. The van der Waals surface area contributed by atoms with Gasteiger partial charge < -0.3 is 11.1 Å². The van der Waals surface area contributed by atoms with E-state index in [1.54, 1.807) is 0 Å². The summed E-state index contributed by atoms with van der Waals surface area (Å²) in [4.78, 5) is 4.23. The average molecular weight is 167 g/mol. The standard InChI is InChI=1S/C7H13N5/c1-5-10-7-9-3-2-6(4-8)12(7)11-5/h6H,2-4,8H2,1H3,(H,9,10,11). The molecule has 1 aliphatic heterocycles. The van der Waals surface area contributed by atoms with Crippen molar-refractivity contribution in [1.29, 1.82) is 0 Å². The molecule has 0 spiro atoms. The second kappa shape index (κ2) is 2.75. The van der Waals surface area contributed by atoms with E-state index in [9.17, 15) is 0 Å². The van der Waals surface area contributed by atoms with Gasteiger partial charge in [0.15, 0.2) is 0 Å². The maximum Gasteiger partial charge on any atom is 0.221 e. The fourth-order valence-corrected chi connectivity index (χ4v) is 1.50. The Hall–Kier alpha value is -1.10. The minimum atomic E-state index is 0.322. The number of nitrogens with one attached hydrogen (secondary N) is 1. The van der Waals surface area contributed by atoms with Crippen LogP contribution in [0.5, 0.6) is 0 Å². The topological polar surface area (TPSA) is 68.8 Å². The molecule has 5 nitrogen and oxygen atoms in total. The molecule has 2 heterocycles. The van der Waals surface area contributed by atoms with Crippen molar-refractivity contribution >= 4 is 5.95 Å². The molecule has 2 rings (SSSR count). The summed E-state index contributed by atoms with van der Waals surface area (Å²) in [5.41, 5.74) is 5.61. The van der Waals surface area contributed by atoms with Gasteiger partial charge in [0.2, 0.25) is 5.95 Å². The predicted molar refractivity (Wildman–Crippen MR) is 46.0 cm³/mol. The molecule has 0 saturated carbocycles. The molecule has 66 valence electrons. The summed E-state index contributed by atoms with van der Waals surface area (Å²) < 4.78 is 1.89. The van der Waals surface area contributed by atoms with Crippen LogP contribution in [0.3, 0.4) is 0 Å². The molecule has 0 saturated heterocycles. The molecule has 0 aromatic carbocycles. The van der Waals surface area contributed by atoms with Crippen molar-refractivity contribution in [3.05, 3.63) is 5.82 Å². The highest BCUT2D eigenvalue weighted by molar-refractivity contribution is 5.27. The second-order valence-electron chi connectivity index (χ2n) is 3.03. The number of fused-ring (bicyclic) bond motifs is 1. The Balaban J connectivity index is 2.36. The van der Waals surface area contributed by atoms with Crippen molar-refractivity contribution in [2.24, 2.45) is 5.73 Å². The number of rotatable bonds is 1. The van der Waals surface area contributed by atoms with Gasteiger partial charge in [-0.25, -0.2) is 4.68 Å². The van der Waals surface area contributed by atoms with Gasteiger partial charge in [-0.05, 0) is 13.3 Å². The van der Waals surface area contributed by atoms with E-state index >= 15 is 0 Å². The molecular formula is C7H13N5. The highest BCUT2D eigenvalue weighted by Crippen LogP contribution is 2.19. The van der Waals surface area contributed by atoms with E-state index in [2.05, 4.69) is 15.4 Å². The number of hydrogen-bond acceptors (Lipinski definition) is 4. The first-order valence-electron chi connectivity index (χ1n) is 4.18. The van der Waals surface area contributed by atoms with Gasteiger partial charge in [0, 0.05) is 13.1 Å². The Bertz CT molecular complexity index is 279. The summed E-state index contributed by atoms with van der Waals surface area (Å²) in [5.74, 6) is 1.66. The number of aryl methyl sites for hydroxylation is 1. The van der Waals surface area contributed by atoms with Crippen LogP contribution in [0.1, 0.15) is 18.3 Å². The summed E-state index contributed by atoms with van der Waals surface area (Å²) in [6.07, 6.45) is 1.03. The summed E-state index contributed by atoms with van der Waals surface area (Å²) >= 11 is 0. The molecule has 1 aromatic heterocycles. The van der Waals surface area contributed by atoms with E-state index in [0.717, 1.165) is 24.7 Å². The lowest BCUT2D eigenvalue weighted by Gasteiger charge is -2.22. The highest BCUT2D eigenvalue weighted by Gasteiger charge is 2.20. The van der Waals surface area contributed by atoms with Gasteiger partial charge >= 0.3 is 0 Å². The van der Waals surface area contributed by atoms with Crippen molar-refractivity contribution in [2.45, 2.75) is 19.4 Å². The van der Waals surface area contributed by atoms with Crippen molar-refractivity contribution in [1.82, 2.24) is 14.8 Å². The van der Waals surface area contributed by atoms with E-state index in [-0.39, 0.29) is 0 Å². The lowest BCUT2D eigenvalue weighted by atomic mass is 10.2. The molecule has 1 aliphatic rings. The lowest BCUT2D eigenvalue weighted by Crippen LogP contribution is -2.29. The first kappa shape index (κ1) is 7.54. The molecule has 1 unspecified atom stereocenters. The largest absolute Gasteiger partial charge is 0.354 e. The van der Waals surface area contributed by atoms with Gasteiger partial charge in [-0.15, -0.1) is 0 Å². The van der Waals surface area contributed by atoms with Crippen LogP contribution in [0.2, 0.25) is 0 Å². The fourth-order valence-electron chi connectivity index (χ4n) is 1.50. The molecule has 0 aliphatic carbocycles. The predicted octanol–water partition coefficient (Wildman–Crippen LogP) is -0.0981. The smallest absolute Gasteiger partial charge is 0.221 e. The van der Waals surface area contributed by atoms with Gasteiger partial charge in [0.05, 0.1) is 6.04 Å². The molecule has 1 aromatic rings. The molecule has 0 amide bonds. The number of nitrogens with two attached hydrogens (primary N) is 1. The molecular weight excluding hydrogens is 154 g/mol. The number of aromatic nitrogens is 3. The van der Waals surface area contributed by atoms with Crippen molar-refractivity contribution in [2.75, 3.05) is 18.4 Å². The minimum absolute atomic E-state index is 0.322. The van der Waals surface area contributed by atoms with Gasteiger partial charge in [0.25, 0.3) is 0 Å². The number of anilines is 1. The molecule has 3 N–H and O–H groups in total. The monoisotopic (exact) mass is 167 g/mol. The summed E-state index contributed by atoms with van der Waals surface area (Å²) in [7, 11) is 0. The van der Waals surface area contributed by atoms with Crippen molar-refractivity contribution in [3.63, 3.8) is 0 Å². The maximum atomic E-state index is 5.61. The van der Waals surface area contributed by atoms with Crippen molar-refractivity contribution < 1.29 is 0 Å². The number of hydrogen-bond donors (Lipinski definition) is 2. The summed E-state index contributed by atoms with van der Waals surface area (Å²) in [6, 6.07) is 0.322. The molecule has 0 bridgehead atoms. The molecule has 0 radical (unpaired) electrons. The van der Waals surface area contributed by atoms with Crippen LogP contribution < -0.4 is 11.1 Å². The third kappa shape index (κ3) is 1.06. The Morgan fingerprint density at radius 2 is 2.58 bits per heavy atom. The normalized spacial score (nSPS) is 21.7. The van der Waals surface area contributed by atoms with E-state index in [1.807, 2.05) is 11.6 Å². The molecule has 5 heteroatoms. The zero-order chi connectivity index (χ0) is 8.55. The summed E-state index contributed by atoms with van der Waals surface area (Å²) in [6.45, 7) is 3.47. The fraction of sp³-hybridized carbons (Fsp3) is 0.714. The lowest BCUT2D eigenvalue weighted by molar-refractivity contribution is 0.425. The van der Waals surface area contributed by atoms with Gasteiger partial charge in [0.1, 0.15) is 5.82 Å². The van der Waals surface area contributed by atoms with Crippen LogP contribution in [-0.2, 0) is 0 Å². The highest BCUT2D eigenvalue weighted by atomic mass is 15.4. The van der Waals surface area contributed by atoms with Gasteiger partial charge in [-0.3, -0.25) is 0 Å². The SMILES string of the molecule is Cc1nc2n(n1)C(CN)CCN2. The second-order valence-corrected chi connectivity index (χ2v) is 3.03. The molecule has 1 atom stereocenters. The maximum absolute atomic E-state index is 5.61. The zero-order valence-electron chi connectivity index (χ0n) is 7.12. The first-order chi connectivity index (χ1) is 5.81. The van der Waals surface area contributed by atoms with Crippen LogP contribution in [0, 0.1) is 6.92 Å². The zero-order valence-corrected chi connectivity index (χ0v) is 7.12. The Kier molecular flexibility index (Phi) is 1.73. The van der Waals surface area contributed by atoms with Crippen LogP contribution >= 0.6 is 0 Å². The Morgan fingerprint density at radius 1 is 1.75 bits per heavy atom.